The minimum Gasteiger partial charge on any atom is -0.309 e. The maximum atomic E-state index is 10.1. The summed E-state index contributed by atoms with van der Waals surface area (Å²) >= 11 is 1.78. The second kappa shape index (κ2) is 9.97. The Bertz CT molecular complexity index is 2570. The fourth-order valence-corrected chi connectivity index (χ4v) is 7.51. The van der Waals surface area contributed by atoms with Crippen LogP contribution in [0.1, 0.15) is 16.7 Å². The highest BCUT2D eigenvalue weighted by Gasteiger charge is 2.21. The first-order valence-corrected chi connectivity index (χ1v) is 14.9. The van der Waals surface area contributed by atoms with Gasteiger partial charge in [0, 0.05) is 47.8 Å². The van der Waals surface area contributed by atoms with E-state index in [9.17, 15) is 15.8 Å². The molecular formula is C39H20N4S. The number of aromatic nitrogens is 1. The average molecular weight is 577 g/mol. The Morgan fingerprint density at radius 2 is 1.16 bits per heavy atom. The average Bonchev–Trinajstić information content (AvgIpc) is 3.62. The van der Waals surface area contributed by atoms with E-state index in [0.29, 0.717) is 22.3 Å². The van der Waals surface area contributed by atoms with Crippen molar-refractivity contribution in [1.29, 1.82) is 15.8 Å². The third kappa shape index (κ3) is 3.73. The van der Waals surface area contributed by atoms with E-state index in [1.165, 1.54) is 20.2 Å². The van der Waals surface area contributed by atoms with E-state index in [4.69, 9.17) is 0 Å². The summed E-state index contributed by atoms with van der Waals surface area (Å²) in [4.78, 5) is 0. The molecule has 202 valence electrons. The van der Waals surface area contributed by atoms with E-state index in [1.807, 2.05) is 36.4 Å². The summed E-state index contributed by atoms with van der Waals surface area (Å²) in [5.41, 5.74) is 7.72. The van der Waals surface area contributed by atoms with Crippen molar-refractivity contribution in [1.82, 2.24) is 4.57 Å². The van der Waals surface area contributed by atoms with Gasteiger partial charge in [0.2, 0.25) is 0 Å². The minimum atomic E-state index is 0.455. The van der Waals surface area contributed by atoms with Crippen molar-refractivity contribution < 1.29 is 0 Å². The van der Waals surface area contributed by atoms with Crippen LogP contribution in [0.15, 0.2) is 121 Å². The van der Waals surface area contributed by atoms with Crippen molar-refractivity contribution >= 4 is 53.3 Å². The zero-order valence-electron chi connectivity index (χ0n) is 23.2. The predicted octanol–water partition coefficient (Wildman–Crippen LogP) is 10.1. The standard InChI is InChI=1S/C39H20N4S/c40-21-25-7-1-2-10-29(25)24-15-17-35-33(19-24)31-12-6-13-32(38-26(22-41)8-5-9-27(38)23-42)39(31)43(35)28-16-18-37-34(20-28)30-11-3-4-14-36(30)44-37/h1-20H. The van der Waals surface area contributed by atoms with E-state index in [2.05, 4.69) is 89.5 Å². The van der Waals surface area contributed by atoms with Gasteiger partial charge in [-0.2, -0.15) is 15.8 Å². The van der Waals surface area contributed by atoms with E-state index < -0.39 is 0 Å². The molecule has 44 heavy (non-hydrogen) atoms. The smallest absolute Gasteiger partial charge is 0.0998 e. The maximum Gasteiger partial charge on any atom is 0.0998 e. The Hall–Kier alpha value is -6.19. The minimum absolute atomic E-state index is 0.455. The molecule has 2 heterocycles. The van der Waals surface area contributed by atoms with Crippen LogP contribution < -0.4 is 0 Å². The normalized spacial score (nSPS) is 11.1. The summed E-state index contributed by atoms with van der Waals surface area (Å²) in [6.07, 6.45) is 0. The Kier molecular flexibility index (Phi) is 5.78. The van der Waals surface area contributed by atoms with Crippen LogP contribution in [0.2, 0.25) is 0 Å². The lowest BCUT2D eigenvalue weighted by Gasteiger charge is -2.14. The van der Waals surface area contributed by atoms with Crippen LogP contribution >= 0.6 is 11.3 Å². The molecule has 0 aliphatic carbocycles. The van der Waals surface area contributed by atoms with Crippen LogP contribution in [0.3, 0.4) is 0 Å². The molecule has 0 aliphatic heterocycles. The molecule has 0 saturated carbocycles. The molecule has 0 N–H and O–H groups in total. The first-order chi connectivity index (χ1) is 21.7. The van der Waals surface area contributed by atoms with Gasteiger partial charge in [0.25, 0.3) is 0 Å². The number of para-hydroxylation sites is 1. The zero-order chi connectivity index (χ0) is 29.8. The first kappa shape index (κ1) is 25.5. The SMILES string of the molecule is N#Cc1ccccc1-c1ccc2c(c1)c1cccc(-c3c(C#N)cccc3C#N)c1n2-c1ccc2sc3ccccc3c2c1. The van der Waals surface area contributed by atoms with Crippen LogP contribution in [-0.2, 0) is 0 Å². The number of hydrogen-bond donors (Lipinski definition) is 0. The molecule has 0 bridgehead atoms. The highest BCUT2D eigenvalue weighted by molar-refractivity contribution is 7.25. The Morgan fingerprint density at radius 3 is 1.98 bits per heavy atom. The lowest BCUT2D eigenvalue weighted by Crippen LogP contribution is -1.97. The molecule has 0 saturated heterocycles. The fourth-order valence-electron chi connectivity index (χ4n) is 6.42. The molecule has 0 amide bonds. The van der Waals surface area contributed by atoms with E-state index in [-0.39, 0.29) is 0 Å². The van der Waals surface area contributed by atoms with Crippen molar-refractivity contribution in [3.05, 3.63) is 138 Å². The Balaban J connectivity index is 1.52. The van der Waals surface area contributed by atoms with Gasteiger partial charge in [-0.15, -0.1) is 11.3 Å². The summed E-state index contributed by atoms with van der Waals surface area (Å²) in [6.45, 7) is 0. The first-order valence-electron chi connectivity index (χ1n) is 14.1. The molecule has 0 radical (unpaired) electrons. The monoisotopic (exact) mass is 576 g/mol. The third-order valence-corrected chi connectivity index (χ3v) is 9.49. The number of thiophene rings is 1. The number of nitriles is 3. The van der Waals surface area contributed by atoms with Gasteiger partial charge >= 0.3 is 0 Å². The zero-order valence-corrected chi connectivity index (χ0v) is 24.1. The summed E-state index contributed by atoms with van der Waals surface area (Å²) in [5, 5.41) is 34.5. The molecule has 4 nitrogen and oxygen atoms in total. The van der Waals surface area contributed by atoms with Gasteiger partial charge in [-0.1, -0.05) is 66.7 Å². The van der Waals surface area contributed by atoms with Crippen LogP contribution in [0.25, 0.3) is 69.9 Å². The number of fused-ring (bicyclic) bond motifs is 6. The van der Waals surface area contributed by atoms with E-state index >= 15 is 0 Å². The molecule has 2 aromatic heterocycles. The molecule has 0 unspecified atom stereocenters. The molecule has 0 atom stereocenters. The molecule has 5 heteroatoms. The Labute approximate surface area is 257 Å². The summed E-state index contributed by atoms with van der Waals surface area (Å²) in [6, 6.07) is 47.3. The lowest BCUT2D eigenvalue weighted by molar-refractivity contribution is 1.19. The van der Waals surface area contributed by atoms with Gasteiger partial charge in [0.05, 0.1) is 45.9 Å². The molecule has 8 aromatic rings. The van der Waals surface area contributed by atoms with Gasteiger partial charge in [-0.3, -0.25) is 0 Å². The van der Waals surface area contributed by atoms with Gasteiger partial charge in [0.15, 0.2) is 0 Å². The molecular weight excluding hydrogens is 557 g/mol. The van der Waals surface area contributed by atoms with Crippen LogP contribution in [-0.4, -0.2) is 4.57 Å². The lowest BCUT2D eigenvalue weighted by atomic mass is 9.93. The van der Waals surface area contributed by atoms with E-state index in [0.717, 1.165) is 44.2 Å². The third-order valence-electron chi connectivity index (χ3n) is 8.34. The number of hydrogen-bond acceptors (Lipinski definition) is 4. The van der Waals surface area contributed by atoms with E-state index in [1.54, 1.807) is 29.5 Å². The highest BCUT2D eigenvalue weighted by atomic mass is 32.1. The predicted molar refractivity (Wildman–Crippen MR) is 179 cm³/mol. The second-order valence-electron chi connectivity index (χ2n) is 10.7. The van der Waals surface area contributed by atoms with Crippen LogP contribution in [0.4, 0.5) is 0 Å². The number of nitrogens with zero attached hydrogens (tertiary/aromatic N) is 4. The summed E-state index contributed by atoms with van der Waals surface area (Å²) in [5.74, 6) is 0. The quantitative estimate of drug-likeness (QED) is 0.210. The van der Waals surface area contributed by atoms with Crippen LogP contribution in [0, 0.1) is 34.0 Å². The van der Waals surface area contributed by atoms with Crippen molar-refractivity contribution in [2.24, 2.45) is 0 Å². The number of rotatable bonds is 3. The van der Waals surface area contributed by atoms with Gasteiger partial charge in [-0.05, 0) is 65.7 Å². The largest absolute Gasteiger partial charge is 0.309 e. The Morgan fingerprint density at radius 1 is 0.500 bits per heavy atom. The highest BCUT2D eigenvalue weighted by Crippen LogP contribution is 2.43. The maximum absolute atomic E-state index is 10.1. The van der Waals surface area contributed by atoms with Crippen LogP contribution in [0.5, 0.6) is 0 Å². The van der Waals surface area contributed by atoms with Gasteiger partial charge in [-0.25, -0.2) is 0 Å². The topological polar surface area (TPSA) is 76.3 Å². The number of benzene rings is 6. The second-order valence-corrected chi connectivity index (χ2v) is 11.7. The molecule has 0 spiro atoms. The molecule has 0 aliphatic rings. The van der Waals surface area contributed by atoms with Gasteiger partial charge < -0.3 is 4.57 Å². The van der Waals surface area contributed by atoms with Crippen molar-refractivity contribution in [3.8, 4) is 46.1 Å². The van der Waals surface area contributed by atoms with Gasteiger partial charge in [0.1, 0.15) is 0 Å². The van der Waals surface area contributed by atoms with Crippen molar-refractivity contribution in [3.63, 3.8) is 0 Å². The molecule has 6 aromatic carbocycles. The summed E-state index contributed by atoms with van der Waals surface area (Å²) in [7, 11) is 0. The summed E-state index contributed by atoms with van der Waals surface area (Å²) < 4.78 is 4.71. The molecule has 8 rings (SSSR count). The molecule has 0 fully saturated rings. The van der Waals surface area contributed by atoms with Crippen molar-refractivity contribution in [2.45, 2.75) is 0 Å². The fraction of sp³-hybridized carbons (Fsp3) is 0. The van der Waals surface area contributed by atoms with Crippen molar-refractivity contribution in [2.75, 3.05) is 0 Å².